The Bertz CT molecular complexity index is 323. The van der Waals surface area contributed by atoms with Crippen LogP contribution in [0.5, 0.6) is 0 Å². The van der Waals surface area contributed by atoms with Crippen LogP contribution >= 0.6 is 12.2 Å². The van der Waals surface area contributed by atoms with Crippen LogP contribution in [-0.4, -0.2) is 5.11 Å². The van der Waals surface area contributed by atoms with Gasteiger partial charge in [-0.3, -0.25) is 0 Å². The molecule has 60 valence electrons. The highest BCUT2D eigenvalue weighted by Crippen LogP contribution is 2.15. The summed E-state index contributed by atoms with van der Waals surface area (Å²) in [5.74, 6) is 0. The fraction of sp³-hybridized carbons (Fsp3) is 0. The van der Waals surface area contributed by atoms with E-state index in [0.717, 1.165) is 5.69 Å². The predicted molar refractivity (Wildman–Crippen MR) is 53.1 cm³/mol. The molecule has 4 heteroatoms. The van der Waals surface area contributed by atoms with Gasteiger partial charge >= 0.3 is 0 Å². The molecule has 0 fully saturated rings. The van der Waals surface area contributed by atoms with E-state index in [1.807, 2.05) is 0 Å². The zero-order valence-electron chi connectivity index (χ0n) is 6.24. The second kappa shape index (κ2) is 3.69. The van der Waals surface area contributed by atoms with E-state index in [2.05, 4.69) is 22.4 Å². The van der Waals surface area contributed by atoms with Gasteiger partial charge in [0.25, 0.3) is 0 Å². The van der Waals surface area contributed by atoms with E-state index in [0.29, 0.717) is 5.69 Å². The summed E-state index contributed by atoms with van der Waals surface area (Å²) in [6, 6.07) is 6.92. The lowest BCUT2D eigenvalue weighted by molar-refractivity contribution is 1.61. The van der Waals surface area contributed by atoms with Crippen LogP contribution in [0.4, 0.5) is 11.4 Å². The molecule has 1 rings (SSSR count). The predicted octanol–water partition coefficient (Wildman–Crippen LogP) is 1.89. The summed E-state index contributed by atoms with van der Waals surface area (Å²) < 4.78 is 0. The number of hydrogen-bond donors (Lipinski definition) is 2. The number of anilines is 1. The molecule has 0 unspecified atom stereocenters. The average molecular weight is 177 g/mol. The molecular formula is C8H7N3S. The van der Waals surface area contributed by atoms with Crippen LogP contribution in [0.3, 0.4) is 0 Å². The van der Waals surface area contributed by atoms with Gasteiger partial charge in [-0.15, -0.1) is 0 Å². The molecule has 0 aliphatic heterocycles. The van der Waals surface area contributed by atoms with Crippen LogP contribution in [0.2, 0.25) is 0 Å². The van der Waals surface area contributed by atoms with Gasteiger partial charge in [0.1, 0.15) is 0 Å². The smallest absolute Gasteiger partial charge is 0.187 e. The SMILES string of the molecule is [C-]#[N+]c1ccc(NC(N)=S)cc1. The first-order valence-corrected chi connectivity index (χ1v) is 3.67. The van der Waals surface area contributed by atoms with Crippen molar-refractivity contribution in [2.45, 2.75) is 0 Å². The van der Waals surface area contributed by atoms with Gasteiger partial charge in [0, 0.05) is 5.69 Å². The van der Waals surface area contributed by atoms with E-state index in [-0.39, 0.29) is 5.11 Å². The van der Waals surface area contributed by atoms with Gasteiger partial charge in [0.15, 0.2) is 10.8 Å². The van der Waals surface area contributed by atoms with Crippen molar-refractivity contribution >= 4 is 28.7 Å². The molecule has 0 amide bonds. The molecular weight excluding hydrogens is 170 g/mol. The first kappa shape index (κ1) is 8.50. The first-order chi connectivity index (χ1) is 5.72. The number of benzene rings is 1. The maximum atomic E-state index is 6.71. The van der Waals surface area contributed by atoms with E-state index in [1.165, 1.54) is 0 Å². The van der Waals surface area contributed by atoms with Crippen molar-refractivity contribution in [2.75, 3.05) is 5.32 Å². The maximum Gasteiger partial charge on any atom is 0.187 e. The zero-order valence-corrected chi connectivity index (χ0v) is 7.06. The Balaban J connectivity index is 2.80. The third kappa shape index (κ3) is 2.22. The number of hydrogen-bond acceptors (Lipinski definition) is 1. The molecule has 0 aliphatic rings. The highest BCUT2D eigenvalue weighted by molar-refractivity contribution is 7.80. The van der Waals surface area contributed by atoms with Gasteiger partial charge in [-0.05, 0) is 24.4 Å². The molecule has 0 heterocycles. The highest BCUT2D eigenvalue weighted by Gasteiger charge is 1.92. The van der Waals surface area contributed by atoms with E-state index in [1.54, 1.807) is 24.3 Å². The lowest BCUT2D eigenvalue weighted by Gasteiger charge is -2.01. The average Bonchev–Trinajstić information content (AvgIpc) is 2.05. The Hall–Kier alpha value is -1.60. The standard InChI is InChI=1S/C8H7N3S/c1-10-6-2-4-7(5-3-6)11-8(9)12/h2-5H,(H3,9,11,12). The van der Waals surface area contributed by atoms with Crippen LogP contribution in [0, 0.1) is 6.57 Å². The van der Waals surface area contributed by atoms with Gasteiger partial charge in [0.2, 0.25) is 0 Å². The van der Waals surface area contributed by atoms with Gasteiger partial charge in [-0.2, -0.15) is 0 Å². The second-order valence-electron chi connectivity index (χ2n) is 2.15. The fourth-order valence-corrected chi connectivity index (χ4v) is 0.879. The second-order valence-corrected chi connectivity index (χ2v) is 2.59. The molecule has 0 saturated carbocycles. The Morgan fingerprint density at radius 3 is 2.42 bits per heavy atom. The first-order valence-electron chi connectivity index (χ1n) is 3.26. The number of nitrogens with one attached hydrogen (secondary N) is 1. The van der Waals surface area contributed by atoms with Crippen molar-refractivity contribution in [1.82, 2.24) is 0 Å². The molecule has 12 heavy (non-hydrogen) atoms. The van der Waals surface area contributed by atoms with E-state index in [4.69, 9.17) is 12.3 Å². The zero-order chi connectivity index (χ0) is 8.97. The number of rotatable bonds is 1. The summed E-state index contributed by atoms with van der Waals surface area (Å²) in [6.07, 6.45) is 0. The summed E-state index contributed by atoms with van der Waals surface area (Å²) in [4.78, 5) is 3.25. The Morgan fingerprint density at radius 2 is 2.00 bits per heavy atom. The topological polar surface area (TPSA) is 42.4 Å². The quantitative estimate of drug-likeness (QED) is 0.508. The van der Waals surface area contributed by atoms with Crippen molar-refractivity contribution in [3.63, 3.8) is 0 Å². The van der Waals surface area contributed by atoms with Gasteiger partial charge in [-0.1, -0.05) is 12.1 Å². The molecule has 0 saturated heterocycles. The van der Waals surface area contributed by atoms with Crippen LogP contribution in [0.1, 0.15) is 0 Å². The van der Waals surface area contributed by atoms with Gasteiger partial charge in [0.05, 0.1) is 6.57 Å². The van der Waals surface area contributed by atoms with Crippen molar-refractivity contribution in [3.05, 3.63) is 35.7 Å². The molecule has 3 N–H and O–H groups in total. The molecule has 0 spiro atoms. The summed E-state index contributed by atoms with van der Waals surface area (Å²) in [6.45, 7) is 6.71. The van der Waals surface area contributed by atoms with E-state index < -0.39 is 0 Å². The van der Waals surface area contributed by atoms with Crippen LogP contribution < -0.4 is 11.1 Å². The van der Waals surface area contributed by atoms with Gasteiger partial charge in [-0.25, -0.2) is 4.85 Å². The van der Waals surface area contributed by atoms with Crippen molar-refractivity contribution < 1.29 is 0 Å². The molecule has 1 aromatic carbocycles. The number of nitrogens with two attached hydrogens (primary N) is 1. The molecule has 1 aromatic rings. The number of thiocarbonyl (C=S) groups is 1. The van der Waals surface area contributed by atoms with Crippen LogP contribution in [0.15, 0.2) is 24.3 Å². The van der Waals surface area contributed by atoms with Crippen molar-refractivity contribution in [3.8, 4) is 0 Å². The molecule has 0 radical (unpaired) electrons. The van der Waals surface area contributed by atoms with Gasteiger partial charge < -0.3 is 11.1 Å². The largest absolute Gasteiger partial charge is 0.376 e. The summed E-state index contributed by atoms with van der Waals surface area (Å²) in [5, 5.41) is 2.99. The van der Waals surface area contributed by atoms with Crippen molar-refractivity contribution in [1.29, 1.82) is 0 Å². The molecule has 0 atom stereocenters. The fourth-order valence-electron chi connectivity index (χ4n) is 0.762. The Kier molecular flexibility index (Phi) is 2.62. The molecule has 0 aliphatic carbocycles. The summed E-state index contributed by atoms with van der Waals surface area (Å²) in [5.41, 5.74) is 6.66. The third-order valence-corrected chi connectivity index (χ3v) is 1.37. The summed E-state index contributed by atoms with van der Waals surface area (Å²) >= 11 is 4.64. The van der Waals surface area contributed by atoms with Crippen LogP contribution in [-0.2, 0) is 0 Å². The van der Waals surface area contributed by atoms with Crippen LogP contribution in [0.25, 0.3) is 4.85 Å². The highest BCUT2D eigenvalue weighted by atomic mass is 32.1. The molecule has 0 bridgehead atoms. The minimum absolute atomic E-state index is 0.227. The summed E-state index contributed by atoms with van der Waals surface area (Å²) in [7, 11) is 0. The van der Waals surface area contributed by atoms with E-state index >= 15 is 0 Å². The Morgan fingerprint density at radius 1 is 1.42 bits per heavy atom. The minimum Gasteiger partial charge on any atom is -0.376 e. The third-order valence-electron chi connectivity index (χ3n) is 1.26. The minimum atomic E-state index is 0.227. The Labute approximate surface area is 76.0 Å². The number of nitrogens with zero attached hydrogens (tertiary/aromatic N) is 1. The lowest BCUT2D eigenvalue weighted by Crippen LogP contribution is -2.18. The molecule has 0 aromatic heterocycles. The monoisotopic (exact) mass is 177 g/mol. The normalized spacial score (nSPS) is 8.58. The maximum absolute atomic E-state index is 6.71. The van der Waals surface area contributed by atoms with E-state index in [9.17, 15) is 0 Å². The molecule has 3 nitrogen and oxygen atoms in total. The van der Waals surface area contributed by atoms with Crippen molar-refractivity contribution in [2.24, 2.45) is 5.73 Å². The lowest BCUT2D eigenvalue weighted by atomic mass is 10.3.